The molecule has 2 rings (SSSR count). The quantitative estimate of drug-likeness (QED) is 0.622. The van der Waals surface area contributed by atoms with E-state index in [9.17, 15) is 14.9 Å². The number of carboxylic acids is 1. The minimum absolute atomic E-state index is 0.0602. The number of aromatic nitrogens is 2. The molecule has 0 radical (unpaired) electrons. The maximum absolute atomic E-state index is 11.0. The predicted octanol–water partition coefficient (Wildman–Crippen LogP) is 1.01. The molecular weight excluding hydrogens is 266 g/mol. The number of nitro benzene ring substituents is 1. The molecule has 0 aliphatic rings. The third-order valence-electron chi connectivity index (χ3n) is 2.70. The number of aliphatic hydroxyl groups is 1. The van der Waals surface area contributed by atoms with Crippen molar-refractivity contribution in [2.45, 2.75) is 6.42 Å². The zero-order chi connectivity index (χ0) is 14.7. The van der Waals surface area contributed by atoms with Crippen molar-refractivity contribution < 1.29 is 19.9 Å². The first-order valence-electron chi connectivity index (χ1n) is 5.70. The third-order valence-corrected chi connectivity index (χ3v) is 2.70. The van der Waals surface area contributed by atoms with Crippen LogP contribution in [0.2, 0.25) is 0 Å². The lowest BCUT2D eigenvalue weighted by atomic mass is 10.2. The van der Waals surface area contributed by atoms with E-state index in [1.54, 1.807) is 0 Å². The summed E-state index contributed by atoms with van der Waals surface area (Å²) in [4.78, 5) is 21.1. The monoisotopic (exact) mass is 277 g/mol. The molecule has 0 saturated heterocycles. The van der Waals surface area contributed by atoms with Gasteiger partial charge in [-0.25, -0.2) is 9.48 Å². The number of nitro groups is 1. The Bertz CT molecular complexity index is 648. The first kappa shape index (κ1) is 13.7. The Labute approximate surface area is 113 Å². The number of hydrogen-bond donors (Lipinski definition) is 2. The number of benzene rings is 1. The summed E-state index contributed by atoms with van der Waals surface area (Å²) in [5.41, 5.74) is 0.702. The zero-order valence-corrected chi connectivity index (χ0v) is 10.3. The Morgan fingerprint density at radius 3 is 2.50 bits per heavy atom. The topological polar surface area (TPSA) is 118 Å². The van der Waals surface area contributed by atoms with Gasteiger partial charge in [-0.2, -0.15) is 5.10 Å². The van der Waals surface area contributed by atoms with Crippen molar-refractivity contribution in [2.24, 2.45) is 0 Å². The van der Waals surface area contributed by atoms with E-state index in [-0.39, 0.29) is 24.4 Å². The fourth-order valence-corrected chi connectivity index (χ4v) is 1.75. The van der Waals surface area contributed by atoms with Gasteiger partial charge in [0.05, 0.1) is 10.6 Å². The zero-order valence-electron chi connectivity index (χ0n) is 10.3. The number of nitrogens with zero attached hydrogens (tertiary/aromatic N) is 3. The van der Waals surface area contributed by atoms with Gasteiger partial charge in [0.1, 0.15) is 0 Å². The van der Waals surface area contributed by atoms with Crippen molar-refractivity contribution in [2.75, 3.05) is 6.61 Å². The van der Waals surface area contributed by atoms with E-state index < -0.39 is 10.9 Å². The van der Waals surface area contributed by atoms with Crippen LogP contribution in [0.3, 0.4) is 0 Å². The summed E-state index contributed by atoms with van der Waals surface area (Å²) >= 11 is 0. The van der Waals surface area contributed by atoms with Crippen LogP contribution < -0.4 is 0 Å². The van der Waals surface area contributed by atoms with Gasteiger partial charge in [0.25, 0.3) is 5.69 Å². The van der Waals surface area contributed by atoms with Crippen molar-refractivity contribution in [1.29, 1.82) is 0 Å². The van der Waals surface area contributed by atoms with Gasteiger partial charge in [-0.1, -0.05) is 0 Å². The molecule has 0 aliphatic heterocycles. The second kappa shape index (κ2) is 5.49. The van der Waals surface area contributed by atoms with Crippen LogP contribution in [0.4, 0.5) is 5.69 Å². The van der Waals surface area contributed by atoms with Crippen LogP contribution in [0.5, 0.6) is 0 Å². The van der Waals surface area contributed by atoms with Gasteiger partial charge in [0.2, 0.25) is 0 Å². The maximum atomic E-state index is 11.0. The van der Waals surface area contributed by atoms with Crippen LogP contribution in [0, 0.1) is 10.1 Å². The molecule has 8 heteroatoms. The molecule has 2 N–H and O–H groups in total. The second-order valence-corrected chi connectivity index (χ2v) is 4.00. The van der Waals surface area contributed by atoms with Crippen molar-refractivity contribution in [1.82, 2.24) is 9.78 Å². The van der Waals surface area contributed by atoms with Crippen LogP contribution in [-0.4, -0.2) is 37.5 Å². The van der Waals surface area contributed by atoms with Crippen LogP contribution in [0.1, 0.15) is 16.1 Å². The number of aromatic carboxylic acids is 1. The van der Waals surface area contributed by atoms with Crippen LogP contribution in [0.25, 0.3) is 5.69 Å². The number of aliphatic hydroxyl groups excluding tert-OH is 1. The molecule has 1 aromatic carbocycles. The molecule has 104 valence electrons. The molecular formula is C12H11N3O5. The van der Waals surface area contributed by atoms with Crippen LogP contribution in [0.15, 0.2) is 30.5 Å². The second-order valence-electron chi connectivity index (χ2n) is 4.00. The number of rotatable bonds is 5. The standard InChI is InChI=1S/C12H11N3O5/c16-6-5-8-7-14(13-11(8)12(17)18)9-1-3-10(4-2-9)15(19)20/h1-4,7,16H,5-6H2,(H,17,18). The molecule has 1 aromatic heterocycles. The smallest absolute Gasteiger partial charge is 0.356 e. The lowest BCUT2D eigenvalue weighted by molar-refractivity contribution is -0.384. The molecule has 8 nitrogen and oxygen atoms in total. The van der Waals surface area contributed by atoms with E-state index in [1.807, 2.05) is 0 Å². The normalized spacial score (nSPS) is 10.4. The Morgan fingerprint density at radius 2 is 2.00 bits per heavy atom. The largest absolute Gasteiger partial charge is 0.476 e. The Hall–Kier alpha value is -2.74. The Balaban J connectivity index is 2.39. The highest BCUT2D eigenvalue weighted by atomic mass is 16.6. The van der Waals surface area contributed by atoms with E-state index >= 15 is 0 Å². The third kappa shape index (κ3) is 2.64. The summed E-state index contributed by atoms with van der Waals surface area (Å²) in [5, 5.41) is 32.4. The summed E-state index contributed by atoms with van der Waals surface area (Å²) in [6, 6.07) is 5.56. The van der Waals surface area contributed by atoms with E-state index in [0.29, 0.717) is 11.3 Å². The minimum Gasteiger partial charge on any atom is -0.476 e. The van der Waals surface area contributed by atoms with Crippen molar-refractivity contribution in [3.05, 3.63) is 51.8 Å². The Morgan fingerprint density at radius 1 is 1.35 bits per heavy atom. The first-order chi connectivity index (χ1) is 9.52. The number of carboxylic acid groups (broad SMARTS) is 1. The fraction of sp³-hybridized carbons (Fsp3) is 0.167. The van der Waals surface area contributed by atoms with Crippen LogP contribution in [-0.2, 0) is 6.42 Å². The van der Waals surface area contributed by atoms with Gasteiger partial charge in [-0.3, -0.25) is 10.1 Å². The van der Waals surface area contributed by atoms with Crippen molar-refractivity contribution >= 4 is 11.7 Å². The van der Waals surface area contributed by atoms with E-state index in [0.717, 1.165) is 0 Å². The Kier molecular flexibility index (Phi) is 3.76. The van der Waals surface area contributed by atoms with Gasteiger partial charge in [0, 0.05) is 30.5 Å². The molecule has 0 aliphatic carbocycles. The van der Waals surface area contributed by atoms with Gasteiger partial charge in [-0.15, -0.1) is 0 Å². The highest BCUT2D eigenvalue weighted by Gasteiger charge is 2.16. The SMILES string of the molecule is O=C(O)c1nn(-c2ccc([N+](=O)[O-])cc2)cc1CCO. The number of non-ortho nitro benzene ring substituents is 1. The molecule has 0 saturated carbocycles. The molecule has 0 spiro atoms. The van der Waals surface area contributed by atoms with Crippen molar-refractivity contribution in [3.8, 4) is 5.69 Å². The predicted molar refractivity (Wildman–Crippen MR) is 68.0 cm³/mol. The average Bonchev–Trinajstić information content (AvgIpc) is 2.83. The molecule has 20 heavy (non-hydrogen) atoms. The maximum Gasteiger partial charge on any atom is 0.356 e. The van der Waals surface area contributed by atoms with Crippen molar-refractivity contribution in [3.63, 3.8) is 0 Å². The van der Waals surface area contributed by atoms with Crippen LogP contribution >= 0.6 is 0 Å². The lowest BCUT2D eigenvalue weighted by Gasteiger charge is -1.99. The fourth-order valence-electron chi connectivity index (χ4n) is 1.75. The number of carbonyl (C=O) groups is 1. The molecule has 0 bridgehead atoms. The summed E-state index contributed by atoms with van der Waals surface area (Å²) in [6.07, 6.45) is 1.66. The summed E-state index contributed by atoms with van der Waals surface area (Å²) in [7, 11) is 0. The van der Waals surface area contributed by atoms with Gasteiger partial charge >= 0.3 is 5.97 Å². The van der Waals surface area contributed by atoms with Gasteiger partial charge < -0.3 is 10.2 Å². The molecule has 1 heterocycles. The summed E-state index contributed by atoms with van der Waals surface area (Å²) in [6.45, 7) is -0.188. The molecule has 0 unspecified atom stereocenters. The summed E-state index contributed by atoms with van der Waals surface area (Å²) < 4.78 is 1.32. The molecule has 0 fully saturated rings. The first-order valence-corrected chi connectivity index (χ1v) is 5.70. The minimum atomic E-state index is -1.19. The number of hydrogen-bond acceptors (Lipinski definition) is 5. The molecule has 0 amide bonds. The van der Waals surface area contributed by atoms with E-state index in [2.05, 4.69) is 5.10 Å². The summed E-state index contributed by atoms with van der Waals surface area (Å²) in [5.74, 6) is -1.19. The highest BCUT2D eigenvalue weighted by Crippen LogP contribution is 2.17. The highest BCUT2D eigenvalue weighted by molar-refractivity contribution is 5.87. The van der Waals surface area contributed by atoms with Gasteiger partial charge in [0.15, 0.2) is 5.69 Å². The van der Waals surface area contributed by atoms with E-state index in [1.165, 1.54) is 35.1 Å². The van der Waals surface area contributed by atoms with Gasteiger partial charge in [-0.05, 0) is 18.6 Å². The molecule has 2 aromatic rings. The van der Waals surface area contributed by atoms with E-state index in [4.69, 9.17) is 10.2 Å². The lowest BCUT2D eigenvalue weighted by Crippen LogP contribution is -2.03. The molecule has 0 atom stereocenters. The average molecular weight is 277 g/mol.